The van der Waals surface area contributed by atoms with Crippen molar-refractivity contribution in [1.29, 1.82) is 0 Å². The summed E-state index contributed by atoms with van der Waals surface area (Å²) in [6.45, 7) is 0. The molecule has 102 valence electrons. The Bertz CT molecular complexity index is 502. The topological polar surface area (TPSA) is 12.0 Å². The smallest absolute Gasteiger partial charge is 0.149 e. The minimum absolute atomic E-state index is 0.393. The molecule has 4 rings (SSSR count). The van der Waals surface area contributed by atoms with Gasteiger partial charge in [0.05, 0.1) is 5.69 Å². The third-order valence-electron chi connectivity index (χ3n) is 5.70. The van der Waals surface area contributed by atoms with Gasteiger partial charge in [-0.25, -0.2) is 8.78 Å². The van der Waals surface area contributed by atoms with Gasteiger partial charge in [-0.3, -0.25) is 0 Å². The zero-order valence-electron chi connectivity index (χ0n) is 10.9. The summed E-state index contributed by atoms with van der Waals surface area (Å²) in [5.41, 5.74) is 0.466. The van der Waals surface area contributed by atoms with Gasteiger partial charge in [-0.15, -0.1) is 0 Å². The van der Waals surface area contributed by atoms with Crippen LogP contribution in [0.15, 0.2) is 18.2 Å². The molecular weight excluding hydrogens is 244 g/mol. The van der Waals surface area contributed by atoms with Gasteiger partial charge < -0.3 is 5.32 Å². The lowest BCUT2D eigenvalue weighted by atomic mass is 9.79. The Morgan fingerprint density at radius 1 is 1.00 bits per heavy atom. The molecule has 3 saturated carbocycles. The third-order valence-corrected chi connectivity index (χ3v) is 5.70. The van der Waals surface area contributed by atoms with Gasteiger partial charge in [0.1, 0.15) is 11.6 Å². The van der Waals surface area contributed by atoms with Crippen LogP contribution in [-0.4, -0.2) is 6.04 Å². The molecule has 0 heterocycles. The standard InChI is InChI=1S/C16H19F2N/c17-10-4-5-15(14(18)8-10)19-16-7-9-6-13(16)12-3-1-2-11(9)12/h4-5,8-9,11-13,16,19H,1-3,6-7H2. The van der Waals surface area contributed by atoms with Gasteiger partial charge in [0.15, 0.2) is 0 Å². The van der Waals surface area contributed by atoms with E-state index in [1.54, 1.807) is 0 Å². The van der Waals surface area contributed by atoms with Gasteiger partial charge in [0, 0.05) is 12.1 Å². The van der Waals surface area contributed by atoms with Gasteiger partial charge in [-0.05, 0) is 61.5 Å². The van der Waals surface area contributed by atoms with Crippen molar-refractivity contribution in [1.82, 2.24) is 0 Å². The van der Waals surface area contributed by atoms with Crippen LogP contribution in [0.1, 0.15) is 32.1 Å². The molecule has 1 N–H and O–H groups in total. The van der Waals surface area contributed by atoms with Gasteiger partial charge in [0.25, 0.3) is 0 Å². The minimum Gasteiger partial charge on any atom is -0.380 e. The average molecular weight is 263 g/mol. The maximum absolute atomic E-state index is 13.7. The number of benzene rings is 1. The molecule has 0 amide bonds. The molecule has 1 nitrogen and oxygen atoms in total. The summed E-state index contributed by atoms with van der Waals surface area (Å²) in [6.07, 6.45) is 6.62. The fourth-order valence-electron chi connectivity index (χ4n) is 5.04. The minimum atomic E-state index is -0.508. The second kappa shape index (κ2) is 4.19. The molecule has 0 spiro atoms. The first kappa shape index (κ1) is 11.7. The molecule has 2 bridgehead atoms. The van der Waals surface area contributed by atoms with E-state index in [4.69, 9.17) is 0 Å². The largest absolute Gasteiger partial charge is 0.380 e. The van der Waals surface area contributed by atoms with E-state index in [1.165, 1.54) is 44.2 Å². The lowest BCUT2D eigenvalue weighted by Gasteiger charge is -2.32. The molecule has 19 heavy (non-hydrogen) atoms. The van der Waals surface area contributed by atoms with Gasteiger partial charge >= 0.3 is 0 Å². The van der Waals surface area contributed by atoms with Crippen molar-refractivity contribution in [3.05, 3.63) is 29.8 Å². The summed E-state index contributed by atoms with van der Waals surface area (Å²) in [6, 6.07) is 4.22. The molecule has 0 aromatic heterocycles. The van der Waals surface area contributed by atoms with Crippen molar-refractivity contribution in [3.63, 3.8) is 0 Å². The SMILES string of the molecule is Fc1ccc(NC2CC3CC2C2CCCC32)c(F)c1. The molecule has 3 aliphatic carbocycles. The van der Waals surface area contributed by atoms with E-state index in [2.05, 4.69) is 5.32 Å². The van der Waals surface area contributed by atoms with Crippen molar-refractivity contribution in [2.24, 2.45) is 23.7 Å². The van der Waals surface area contributed by atoms with E-state index >= 15 is 0 Å². The highest BCUT2D eigenvalue weighted by Crippen LogP contribution is 2.59. The van der Waals surface area contributed by atoms with Crippen LogP contribution in [0.2, 0.25) is 0 Å². The molecule has 3 heteroatoms. The van der Waals surface area contributed by atoms with Gasteiger partial charge in [-0.2, -0.15) is 0 Å². The van der Waals surface area contributed by atoms with Crippen LogP contribution in [0.25, 0.3) is 0 Å². The number of hydrogen-bond acceptors (Lipinski definition) is 1. The monoisotopic (exact) mass is 263 g/mol. The first-order chi connectivity index (χ1) is 9.22. The summed E-state index contributed by atoms with van der Waals surface area (Å²) in [5.74, 6) is 2.39. The molecule has 0 radical (unpaired) electrons. The van der Waals surface area contributed by atoms with Crippen LogP contribution in [0.5, 0.6) is 0 Å². The summed E-state index contributed by atoms with van der Waals surface area (Å²) in [5, 5.41) is 3.34. The van der Waals surface area contributed by atoms with E-state index in [-0.39, 0.29) is 0 Å². The van der Waals surface area contributed by atoms with Crippen LogP contribution >= 0.6 is 0 Å². The predicted octanol–water partition coefficient (Wildman–Crippen LogP) is 4.20. The average Bonchev–Trinajstić information content (AvgIpc) is 3.04. The van der Waals surface area contributed by atoms with Crippen molar-refractivity contribution in [3.8, 4) is 0 Å². The Labute approximate surface area is 112 Å². The number of hydrogen-bond donors (Lipinski definition) is 1. The number of rotatable bonds is 2. The van der Waals surface area contributed by atoms with Crippen LogP contribution < -0.4 is 5.32 Å². The summed E-state index contributed by atoms with van der Waals surface area (Å²) in [7, 11) is 0. The van der Waals surface area contributed by atoms with E-state index in [1.807, 2.05) is 0 Å². The van der Waals surface area contributed by atoms with Crippen molar-refractivity contribution in [2.75, 3.05) is 5.32 Å². The van der Waals surface area contributed by atoms with E-state index < -0.39 is 11.6 Å². The van der Waals surface area contributed by atoms with E-state index in [0.717, 1.165) is 23.8 Å². The second-order valence-electron chi connectivity index (χ2n) is 6.53. The van der Waals surface area contributed by atoms with E-state index in [0.29, 0.717) is 17.6 Å². The number of fused-ring (bicyclic) bond motifs is 5. The zero-order chi connectivity index (χ0) is 13.0. The molecule has 3 aliphatic rings. The van der Waals surface area contributed by atoms with Crippen LogP contribution in [0, 0.1) is 35.3 Å². The number of halogens is 2. The second-order valence-corrected chi connectivity index (χ2v) is 6.53. The highest BCUT2D eigenvalue weighted by atomic mass is 19.1. The van der Waals surface area contributed by atoms with Crippen molar-refractivity contribution < 1.29 is 8.78 Å². The summed E-state index contributed by atoms with van der Waals surface area (Å²) >= 11 is 0. The van der Waals surface area contributed by atoms with Gasteiger partial charge in [-0.1, -0.05) is 6.42 Å². The predicted molar refractivity (Wildman–Crippen MR) is 70.8 cm³/mol. The van der Waals surface area contributed by atoms with Crippen molar-refractivity contribution >= 4 is 5.69 Å². The maximum Gasteiger partial charge on any atom is 0.149 e. The van der Waals surface area contributed by atoms with Crippen LogP contribution in [0.3, 0.4) is 0 Å². The Hall–Kier alpha value is -1.12. The number of anilines is 1. The van der Waals surface area contributed by atoms with Crippen LogP contribution in [0.4, 0.5) is 14.5 Å². The highest BCUT2D eigenvalue weighted by molar-refractivity contribution is 5.46. The molecule has 0 saturated heterocycles. The molecule has 5 atom stereocenters. The molecule has 3 fully saturated rings. The molecule has 5 unspecified atom stereocenters. The Morgan fingerprint density at radius 3 is 2.68 bits per heavy atom. The molecular formula is C16H19F2N. The zero-order valence-corrected chi connectivity index (χ0v) is 10.9. The van der Waals surface area contributed by atoms with Crippen LogP contribution in [-0.2, 0) is 0 Å². The normalized spacial score (nSPS) is 39.6. The Balaban J connectivity index is 1.52. The summed E-state index contributed by atoms with van der Waals surface area (Å²) in [4.78, 5) is 0. The highest BCUT2D eigenvalue weighted by Gasteiger charge is 2.53. The third kappa shape index (κ3) is 1.78. The lowest BCUT2D eigenvalue weighted by molar-refractivity contribution is 0.243. The summed E-state index contributed by atoms with van der Waals surface area (Å²) < 4.78 is 26.6. The lowest BCUT2D eigenvalue weighted by Crippen LogP contribution is -2.34. The molecule has 1 aromatic carbocycles. The molecule has 1 aromatic rings. The first-order valence-electron chi connectivity index (χ1n) is 7.44. The van der Waals surface area contributed by atoms with Gasteiger partial charge in [0.2, 0.25) is 0 Å². The molecule has 0 aliphatic heterocycles. The number of nitrogens with one attached hydrogen (secondary N) is 1. The quantitative estimate of drug-likeness (QED) is 0.843. The maximum atomic E-state index is 13.7. The fraction of sp³-hybridized carbons (Fsp3) is 0.625. The first-order valence-corrected chi connectivity index (χ1v) is 7.44. The Morgan fingerprint density at radius 2 is 1.84 bits per heavy atom. The van der Waals surface area contributed by atoms with Crippen molar-refractivity contribution in [2.45, 2.75) is 38.1 Å². The fourth-order valence-corrected chi connectivity index (χ4v) is 5.04. The Kier molecular flexibility index (Phi) is 2.58. The van der Waals surface area contributed by atoms with E-state index in [9.17, 15) is 8.78 Å².